The van der Waals surface area contributed by atoms with Gasteiger partial charge < -0.3 is 14.2 Å². The molecule has 0 aliphatic rings. The van der Waals surface area contributed by atoms with Crippen LogP contribution in [0.25, 0.3) is 0 Å². The van der Waals surface area contributed by atoms with E-state index in [2.05, 4.69) is 34.6 Å². The Kier molecular flexibility index (Phi) is 42.7. The second-order valence-corrected chi connectivity index (χ2v) is 17.9. The molecule has 0 rings (SSSR count). The van der Waals surface area contributed by atoms with Gasteiger partial charge in [0.1, 0.15) is 13.2 Å². The number of rotatable bonds is 45. The Morgan fingerprint density at radius 3 is 0.912 bits per heavy atom. The molecule has 0 heterocycles. The SMILES string of the molecule is CCCCCCCCCCCC(=O)O[C@H](COC(=O)CCCCCCCCCCCCCCCCC(C)CC)COC(=O)CCCCCCCCCCC(C)CC. The molecule has 0 aliphatic heterocycles. The Morgan fingerprint density at radius 1 is 0.351 bits per heavy atom. The van der Waals surface area contributed by atoms with Crippen molar-refractivity contribution in [2.45, 2.75) is 285 Å². The third-order valence-corrected chi connectivity index (χ3v) is 12.2. The Bertz CT molecular complexity index is 874. The molecule has 57 heavy (non-hydrogen) atoms. The van der Waals surface area contributed by atoms with E-state index >= 15 is 0 Å². The molecule has 0 aliphatic carbocycles. The molecule has 6 nitrogen and oxygen atoms in total. The van der Waals surface area contributed by atoms with E-state index in [1.54, 1.807) is 0 Å². The second kappa shape index (κ2) is 44.0. The Hall–Kier alpha value is -1.59. The number of esters is 3. The van der Waals surface area contributed by atoms with Gasteiger partial charge in [-0.05, 0) is 31.1 Å². The fourth-order valence-corrected chi connectivity index (χ4v) is 7.57. The molecule has 0 aromatic heterocycles. The molecule has 0 bridgehead atoms. The molecule has 3 atom stereocenters. The monoisotopic (exact) mass is 807 g/mol. The Labute approximate surface area is 355 Å². The number of ether oxygens (including phenoxy) is 3. The minimum absolute atomic E-state index is 0.0643. The van der Waals surface area contributed by atoms with Gasteiger partial charge in [0, 0.05) is 19.3 Å². The summed E-state index contributed by atoms with van der Waals surface area (Å²) in [6.07, 6.45) is 43.7. The van der Waals surface area contributed by atoms with Gasteiger partial charge >= 0.3 is 17.9 Å². The standard InChI is InChI=1S/C51H98O6/c1-6-9-10-11-12-19-28-33-38-43-51(54)57-48(45-56-50(53)42-37-32-27-23-22-25-30-35-40-47(5)8-3)44-55-49(52)41-36-31-26-21-18-16-14-13-15-17-20-24-29-34-39-46(4)7-2/h46-48H,6-45H2,1-5H3/t46?,47?,48-/m1/s1. The maximum absolute atomic E-state index is 12.7. The topological polar surface area (TPSA) is 78.9 Å². The molecule has 0 radical (unpaired) electrons. The fraction of sp³-hybridized carbons (Fsp3) is 0.941. The maximum Gasteiger partial charge on any atom is 0.306 e. The van der Waals surface area contributed by atoms with Crippen molar-refractivity contribution in [1.29, 1.82) is 0 Å². The van der Waals surface area contributed by atoms with Gasteiger partial charge in [-0.25, -0.2) is 0 Å². The first-order chi connectivity index (χ1) is 27.8. The van der Waals surface area contributed by atoms with Crippen molar-refractivity contribution in [2.24, 2.45) is 11.8 Å². The smallest absolute Gasteiger partial charge is 0.306 e. The highest BCUT2D eigenvalue weighted by Gasteiger charge is 2.19. The van der Waals surface area contributed by atoms with E-state index in [1.807, 2.05) is 0 Å². The summed E-state index contributed by atoms with van der Waals surface area (Å²) in [6.45, 7) is 11.4. The first-order valence-corrected chi connectivity index (χ1v) is 25.3. The molecule has 0 amide bonds. The molecule has 338 valence electrons. The zero-order valence-electron chi connectivity index (χ0n) is 39.0. The van der Waals surface area contributed by atoms with Crippen molar-refractivity contribution in [1.82, 2.24) is 0 Å². The average molecular weight is 807 g/mol. The number of hydrogen-bond acceptors (Lipinski definition) is 6. The van der Waals surface area contributed by atoms with Crippen LogP contribution in [-0.2, 0) is 28.6 Å². The van der Waals surface area contributed by atoms with Gasteiger partial charge in [0.2, 0.25) is 0 Å². The van der Waals surface area contributed by atoms with Crippen LogP contribution in [-0.4, -0.2) is 37.2 Å². The average Bonchev–Trinajstić information content (AvgIpc) is 3.21. The molecular weight excluding hydrogens is 709 g/mol. The summed E-state index contributed by atoms with van der Waals surface area (Å²) < 4.78 is 16.8. The van der Waals surface area contributed by atoms with Crippen LogP contribution in [0.2, 0.25) is 0 Å². The maximum atomic E-state index is 12.7. The summed E-state index contributed by atoms with van der Waals surface area (Å²) in [7, 11) is 0. The van der Waals surface area contributed by atoms with Crippen LogP contribution >= 0.6 is 0 Å². The summed E-state index contributed by atoms with van der Waals surface area (Å²) in [5.41, 5.74) is 0. The highest BCUT2D eigenvalue weighted by atomic mass is 16.6. The van der Waals surface area contributed by atoms with Crippen LogP contribution in [0.5, 0.6) is 0 Å². The molecular formula is C51H98O6. The second-order valence-electron chi connectivity index (χ2n) is 17.9. The largest absolute Gasteiger partial charge is 0.462 e. The van der Waals surface area contributed by atoms with E-state index in [9.17, 15) is 14.4 Å². The van der Waals surface area contributed by atoms with Crippen LogP contribution < -0.4 is 0 Å². The van der Waals surface area contributed by atoms with Gasteiger partial charge in [0.25, 0.3) is 0 Å². The molecule has 0 fully saturated rings. The molecule has 0 aromatic carbocycles. The van der Waals surface area contributed by atoms with E-state index in [0.717, 1.165) is 69.6 Å². The van der Waals surface area contributed by atoms with Crippen LogP contribution in [0, 0.1) is 11.8 Å². The quantitative estimate of drug-likeness (QED) is 0.0346. The summed E-state index contributed by atoms with van der Waals surface area (Å²) in [6, 6.07) is 0. The molecule has 0 spiro atoms. The van der Waals surface area contributed by atoms with E-state index in [0.29, 0.717) is 19.3 Å². The number of carbonyl (C=O) groups excluding carboxylic acids is 3. The van der Waals surface area contributed by atoms with Gasteiger partial charge in [-0.2, -0.15) is 0 Å². The van der Waals surface area contributed by atoms with Gasteiger partial charge in [0.15, 0.2) is 6.10 Å². The zero-order chi connectivity index (χ0) is 41.9. The van der Waals surface area contributed by atoms with Crippen molar-refractivity contribution < 1.29 is 28.6 Å². The van der Waals surface area contributed by atoms with E-state index in [-0.39, 0.29) is 31.1 Å². The normalized spacial score (nSPS) is 13.0. The van der Waals surface area contributed by atoms with Crippen LogP contribution in [0.3, 0.4) is 0 Å². The minimum atomic E-state index is -0.760. The number of hydrogen-bond donors (Lipinski definition) is 0. The fourth-order valence-electron chi connectivity index (χ4n) is 7.57. The van der Waals surface area contributed by atoms with Gasteiger partial charge in [-0.15, -0.1) is 0 Å². The van der Waals surface area contributed by atoms with Crippen molar-refractivity contribution in [3.8, 4) is 0 Å². The lowest BCUT2D eigenvalue weighted by molar-refractivity contribution is -0.167. The minimum Gasteiger partial charge on any atom is -0.462 e. The third-order valence-electron chi connectivity index (χ3n) is 12.2. The van der Waals surface area contributed by atoms with Crippen molar-refractivity contribution in [3.63, 3.8) is 0 Å². The molecule has 0 aromatic rings. The van der Waals surface area contributed by atoms with E-state index in [1.165, 1.54) is 167 Å². The lowest BCUT2D eigenvalue weighted by Gasteiger charge is -2.18. The van der Waals surface area contributed by atoms with Crippen molar-refractivity contribution >= 4 is 17.9 Å². The summed E-state index contributed by atoms with van der Waals surface area (Å²) >= 11 is 0. The predicted octanol–water partition coefficient (Wildman–Crippen LogP) is 16.1. The van der Waals surface area contributed by atoms with Gasteiger partial charge in [-0.3, -0.25) is 14.4 Å². The first kappa shape index (κ1) is 55.4. The van der Waals surface area contributed by atoms with Crippen LogP contribution in [0.4, 0.5) is 0 Å². The zero-order valence-corrected chi connectivity index (χ0v) is 39.0. The highest BCUT2D eigenvalue weighted by Crippen LogP contribution is 2.18. The molecule has 0 saturated heterocycles. The summed E-state index contributed by atoms with van der Waals surface area (Å²) in [5.74, 6) is 0.890. The first-order valence-electron chi connectivity index (χ1n) is 25.3. The molecule has 2 unspecified atom stereocenters. The number of carbonyl (C=O) groups is 3. The number of unbranched alkanes of at least 4 members (excludes halogenated alkanes) is 28. The summed E-state index contributed by atoms with van der Waals surface area (Å²) in [5, 5.41) is 0. The lowest BCUT2D eigenvalue weighted by Crippen LogP contribution is -2.30. The van der Waals surface area contributed by atoms with Crippen molar-refractivity contribution in [3.05, 3.63) is 0 Å². The van der Waals surface area contributed by atoms with E-state index < -0.39 is 6.10 Å². The molecule has 0 saturated carbocycles. The lowest BCUT2D eigenvalue weighted by atomic mass is 9.99. The van der Waals surface area contributed by atoms with E-state index in [4.69, 9.17) is 14.2 Å². The highest BCUT2D eigenvalue weighted by molar-refractivity contribution is 5.71. The van der Waals surface area contributed by atoms with Crippen LogP contribution in [0.15, 0.2) is 0 Å². The third kappa shape index (κ3) is 42.3. The molecule has 6 heteroatoms. The van der Waals surface area contributed by atoms with Crippen molar-refractivity contribution in [2.75, 3.05) is 13.2 Å². The van der Waals surface area contributed by atoms with Gasteiger partial charge in [-0.1, -0.05) is 240 Å². The van der Waals surface area contributed by atoms with Crippen LogP contribution in [0.1, 0.15) is 279 Å². The predicted molar refractivity (Wildman–Crippen MR) is 243 cm³/mol. The molecule has 0 N–H and O–H groups in total. The van der Waals surface area contributed by atoms with Gasteiger partial charge in [0.05, 0.1) is 0 Å². The Balaban J connectivity index is 4.24. The summed E-state index contributed by atoms with van der Waals surface area (Å²) in [4.78, 5) is 37.8. The Morgan fingerprint density at radius 2 is 0.614 bits per heavy atom.